The fraction of sp³-hybridized carbons (Fsp3) is 0.364. The van der Waals surface area contributed by atoms with Crippen LogP contribution in [0.25, 0.3) is 0 Å². The largest absolute Gasteiger partial charge is 0.325 e. The molecule has 5 nitrogen and oxygen atoms in total. The summed E-state index contributed by atoms with van der Waals surface area (Å²) >= 11 is 0. The highest BCUT2D eigenvalue weighted by Gasteiger charge is 2.42. The number of hydrogen-bond acceptors (Lipinski definition) is 3. The standard InChI is InChI=1S/C22H25N3O2/c26-21-20(15-17-7-3-1-4-8-17)23-22(27)25(21)19-11-13-24(14-12-19)16-18-9-5-2-6-10-18/h1-10,19-20H,11-16H2,(H,23,27)/t20-/m0/s1. The van der Waals surface area contributed by atoms with Gasteiger partial charge in [-0.2, -0.15) is 0 Å². The molecule has 2 heterocycles. The van der Waals surface area contributed by atoms with E-state index < -0.39 is 6.04 Å². The Hall–Kier alpha value is -2.66. The zero-order valence-corrected chi connectivity index (χ0v) is 15.4. The molecule has 3 amide bonds. The quantitative estimate of drug-likeness (QED) is 0.831. The summed E-state index contributed by atoms with van der Waals surface area (Å²) in [6.45, 7) is 2.73. The maximum atomic E-state index is 12.8. The van der Waals surface area contributed by atoms with Gasteiger partial charge in [0.25, 0.3) is 5.91 Å². The number of carbonyl (C=O) groups is 2. The van der Waals surface area contributed by atoms with Crippen LogP contribution in [0.1, 0.15) is 24.0 Å². The van der Waals surface area contributed by atoms with Crippen molar-refractivity contribution in [2.75, 3.05) is 13.1 Å². The van der Waals surface area contributed by atoms with Crippen molar-refractivity contribution in [2.24, 2.45) is 0 Å². The van der Waals surface area contributed by atoms with Gasteiger partial charge in [-0.05, 0) is 24.0 Å². The van der Waals surface area contributed by atoms with Crippen LogP contribution < -0.4 is 5.32 Å². The van der Waals surface area contributed by atoms with Gasteiger partial charge in [0.1, 0.15) is 6.04 Å². The molecule has 2 saturated heterocycles. The van der Waals surface area contributed by atoms with Crippen LogP contribution in [0.3, 0.4) is 0 Å². The average Bonchev–Trinajstić information content (AvgIpc) is 2.97. The molecule has 0 bridgehead atoms. The molecule has 2 aromatic rings. The molecule has 0 saturated carbocycles. The Morgan fingerprint density at radius 2 is 1.44 bits per heavy atom. The number of amides is 3. The summed E-state index contributed by atoms with van der Waals surface area (Å²) < 4.78 is 0. The third-order valence-electron chi connectivity index (χ3n) is 5.51. The first kappa shape index (κ1) is 17.7. The number of carbonyl (C=O) groups excluding carboxylic acids is 2. The SMILES string of the molecule is O=C1N[C@@H](Cc2ccccc2)C(=O)N1C1CCN(Cc2ccccc2)CC1. The molecule has 0 aromatic heterocycles. The first-order valence-corrected chi connectivity index (χ1v) is 9.64. The third kappa shape index (κ3) is 4.03. The predicted molar refractivity (Wildman–Crippen MR) is 104 cm³/mol. The summed E-state index contributed by atoms with van der Waals surface area (Å²) in [6.07, 6.45) is 2.23. The van der Waals surface area contributed by atoms with E-state index in [0.29, 0.717) is 6.42 Å². The highest BCUT2D eigenvalue weighted by atomic mass is 16.2. The van der Waals surface area contributed by atoms with Gasteiger partial charge in [-0.3, -0.25) is 14.6 Å². The van der Waals surface area contributed by atoms with E-state index in [0.717, 1.165) is 38.0 Å². The van der Waals surface area contributed by atoms with E-state index in [9.17, 15) is 9.59 Å². The lowest BCUT2D eigenvalue weighted by molar-refractivity contribution is -0.129. The molecule has 27 heavy (non-hydrogen) atoms. The fourth-order valence-corrected chi connectivity index (χ4v) is 4.06. The lowest BCUT2D eigenvalue weighted by Gasteiger charge is -2.35. The van der Waals surface area contributed by atoms with Crippen molar-refractivity contribution in [3.05, 3.63) is 71.8 Å². The molecule has 0 aliphatic carbocycles. The molecule has 0 unspecified atom stereocenters. The number of likely N-dealkylation sites (tertiary alicyclic amines) is 1. The summed E-state index contributed by atoms with van der Waals surface area (Å²) in [5, 5.41) is 2.87. The Balaban J connectivity index is 1.34. The normalized spacial score (nSPS) is 21.5. The van der Waals surface area contributed by atoms with Crippen molar-refractivity contribution in [2.45, 2.75) is 37.9 Å². The minimum Gasteiger partial charge on any atom is -0.325 e. The Morgan fingerprint density at radius 3 is 2.07 bits per heavy atom. The van der Waals surface area contributed by atoms with Crippen molar-refractivity contribution < 1.29 is 9.59 Å². The molecule has 2 aromatic carbocycles. The van der Waals surface area contributed by atoms with E-state index in [1.165, 1.54) is 10.5 Å². The summed E-state index contributed by atoms with van der Waals surface area (Å²) in [5.41, 5.74) is 2.37. The number of urea groups is 1. The number of benzene rings is 2. The highest BCUT2D eigenvalue weighted by molar-refractivity contribution is 6.04. The van der Waals surface area contributed by atoms with Crippen LogP contribution in [-0.2, 0) is 17.8 Å². The molecule has 4 rings (SSSR count). The van der Waals surface area contributed by atoms with Crippen molar-refractivity contribution >= 4 is 11.9 Å². The predicted octanol–water partition coefficient (Wildman–Crippen LogP) is 2.81. The molecule has 0 radical (unpaired) electrons. The Bertz CT molecular complexity index is 786. The van der Waals surface area contributed by atoms with Gasteiger partial charge in [0.2, 0.25) is 0 Å². The van der Waals surface area contributed by atoms with Gasteiger partial charge in [-0.15, -0.1) is 0 Å². The Labute approximate surface area is 160 Å². The van der Waals surface area contributed by atoms with Gasteiger partial charge in [0.15, 0.2) is 0 Å². The number of piperidine rings is 1. The van der Waals surface area contributed by atoms with Gasteiger partial charge in [0, 0.05) is 32.1 Å². The number of rotatable bonds is 5. The second-order valence-electron chi connectivity index (χ2n) is 7.39. The van der Waals surface area contributed by atoms with E-state index in [-0.39, 0.29) is 18.0 Å². The van der Waals surface area contributed by atoms with Crippen LogP contribution in [0.15, 0.2) is 60.7 Å². The van der Waals surface area contributed by atoms with Gasteiger partial charge >= 0.3 is 6.03 Å². The number of imide groups is 1. The second kappa shape index (κ2) is 7.92. The minimum atomic E-state index is -0.442. The van der Waals surface area contributed by atoms with Gasteiger partial charge in [0.05, 0.1) is 0 Å². The summed E-state index contributed by atoms with van der Waals surface area (Å²) in [7, 11) is 0. The number of nitrogens with zero attached hydrogens (tertiary/aromatic N) is 2. The van der Waals surface area contributed by atoms with Crippen molar-refractivity contribution in [1.82, 2.24) is 15.1 Å². The molecule has 140 valence electrons. The monoisotopic (exact) mass is 363 g/mol. The fourth-order valence-electron chi connectivity index (χ4n) is 4.06. The van der Waals surface area contributed by atoms with Crippen LogP contribution in [-0.4, -0.2) is 46.9 Å². The molecular weight excluding hydrogens is 338 g/mol. The van der Waals surface area contributed by atoms with Crippen LogP contribution in [0.4, 0.5) is 4.79 Å². The number of nitrogens with one attached hydrogen (secondary N) is 1. The minimum absolute atomic E-state index is 0.00490. The molecule has 5 heteroatoms. The van der Waals surface area contributed by atoms with E-state index >= 15 is 0 Å². The topological polar surface area (TPSA) is 52.7 Å². The zero-order chi connectivity index (χ0) is 18.6. The summed E-state index contributed by atoms with van der Waals surface area (Å²) in [5.74, 6) is -0.0784. The van der Waals surface area contributed by atoms with E-state index in [1.54, 1.807) is 0 Å². The third-order valence-corrected chi connectivity index (χ3v) is 5.51. The van der Waals surface area contributed by atoms with Gasteiger partial charge in [-0.1, -0.05) is 60.7 Å². The first-order valence-electron chi connectivity index (χ1n) is 9.64. The highest BCUT2D eigenvalue weighted by Crippen LogP contribution is 2.23. The van der Waals surface area contributed by atoms with E-state index in [2.05, 4.69) is 34.5 Å². The Kier molecular flexibility index (Phi) is 5.21. The first-order chi connectivity index (χ1) is 13.2. The number of hydrogen-bond donors (Lipinski definition) is 1. The maximum absolute atomic E-state index is 12.8. The second-order valence-corrected chi connectivity index (χ2v) is 7.39. The smallest absolute Gasteiger partial charge is 0.325 e. The molecule has 2 fully saturated rings. The molecule has 1 N–H and O–H groups in total. The van der Waals surface area contributed by atoms with E-state index in [4.69, 9.17) is 0 Å². The summed E-state index contributed by atoms with van der Waals surface area (Å²) in [6, 6.07) is 19.6. The van der Waals surface area contributed by atoms with Gasteiger partial charge < -0.3 is 5.32 Å². The van der Waals surface area contributed by atoms with Crippen LogP contribution >= 0.6 is 0 Å². The molecule has 1 atom stereocenters. The molecule has 2 aliphatic heterocycles. The molecular formula is C22H25N3O2. The molecule has 0 spiro atoms. The average molecular weight is 363 g/mol. The van der Waals surface area contributed by atoms with Crippen molar-refractivity contribution in [3.63, 3.8) is 0 Å². The molecule has 2 aliphatic rings. The van der Waals surface area contributed by atoms with Crippen molar-refractivity contribution in [3.8, 4) is 0 Å². The van der Waals surface area contributed by atoms with Crippen LogP contribution in [0.5, 0.6) is 0 Å². The lowest BCUT2D eigenvalue weighted by Crippen LogP contribution is -2.47. The summed E-state index contributed by atoms with van der Waals surface area (Å²) in [4.78, 5) is 29.1. The van der Waals surface area contributed by atoms with Crippen LogP contribution in [0, 0.1) is 0 Å². The maximum Gasteiger partial charge on any atom is 0.325 e. The Morgan fingerprint density at radius 1 is 0.852 bits per heavy atom. The van der Waals surface area contributed by atoms with Gasteiger partial charge in [-0.25, -0.2) is 4.79 Å². The van der Waals surface area contributed by atoms with Crippen molar-refractivity contribution in [1.29, 1.82) is 0 Å². The lowest BCUT2D eigenvalue weighted by atomic mass is 10.0. The van der Waals surface area contributed by atoms with E-state index in [1.807, 2.05) is 36.4 Å². The zero-order valence-electron chi connectivity index (χ0n) is 15.4. The van der Waals surface area contributed by atoms with Crippen LogP contribution in [0.2, 0.25) is 0 Å².